The second-order valence-electron chi connectivity index (χ2n) is 3.26. The van der Waals surface area contributed by atoms with Crippen molar-refractivity contribution in [3.05, 3.63) is 54.1 Å². The standard InChI is InChI=1S/C12H9FN2O/c13-12-3-1-2-10(5-12)11-4-9(7-15-16)6-14-8-11/h1-8,16H/b15-7+. The van der Waals surface area contributed by atoms with Crippen LogP contribution in [-0.4, -0.2) is 16.4 Å². The molecule has 3 nitrogen and oxygen atoms in total. The van der Waals surface area contributed by atoms with Crippen molar-refractivity contribution in [2.24, 2.45) is 5.16 Å². The van der Waals surface area contributed by atoms with Gasteiger partial charge in [-0.2, -0.15) is 0 Å². The zero-order valence-electron chi connectivity index (χ0n) is 8.34. The van der Waals surface area contributed by atoms with Gasteiger partial charge in [0, 0.05) is 23.5 Å². The Morgan fingerprint density at radius 2 is 2.06 bits per heavy atom. The summed E-state index contributed by atoms with van der Waals surface area (Å²) in [5.74, 6) is -0.293. The van der Waals surface area contributed by atoms with Gasteiger partial charge in [-0.05, 0) is 23.8 Å². The Morgan fingerprint density at radius 1 is 1.19 bits per heavy atom. The fourth-order valence-electron chi connectivity index (χ4n) is 1.42. The van der Waals surface area contributed by atoms with Crippen LogP contribution >= 0.6 is 0 Å². The van der Waals surface area contributed by atoms with E-state index in [9.17, 15) is 4.39 Å². The summed E-state index contributed by atoms with van der Waals surface area (Å²) in [5.41, 5.74) is 2.17. The second kappa shape index (κ2) is 4.53. The van der Waals surface area contributed by atoms with Gasteiger partial charge < -0.3 is 5.21 Å². The minimum atomic E-state index is -0.293. The molecule has 0 aliphatic carbocycles. The number of hydrogen-bond acceptors (Lipinski definition) is 3. The molecule has 0 aliphatic rings. The highest BCUT2D eigenvalue weighted by Crippen LogP contribution is 2.19. The van der Waals surface area contributed by atoms with Crippen molar-refractivity contribution in [2.75, 3.05) is 0 Å². The first kappa shape index (κ1) is 10.3. The molecular weight excluding hydrogens is 207 g/mol. The van der Waals surface area contributed by atoms with Crippen LogP contribution in [0.3, 0.4) is 0 Å². The summed E-state index contributed by atoms with van der Waals surface area (Å²) < 4.78 is 13.0. The van der Waals surface area contributed by atoms with Crippen molar-refractivity contribution in [1.82, 2.24) is 4.98 Å². The molecule has 1 aromatic heterocycles. The van der Waals surface area contributed by atoms with Gasteiger partial charge in [0.1, 0.15) is 5.82 Å². The van der Waals surface area contributed by atoms with E-state index in [2.05, 4.69) is 10.1 Å². The van der Waals surface area contributed by atoms with E-state index in [1.807, 2.05) is 0 Å². The largest absolute Gasteiger partial charge is 0.411 e. The van der Waals surface area contributed by atoms with Crippen molar-refractivity contribution in [3.8, 4) is 11.1 Å². The predicted octanol–water partition coefficient (Wildman–Crippen LogP) is 2.70. The molecule has 0 unspecified atom stereocenters. The molecule has 1 aromatic carbocycles. The zero-order valence-corrected chi connectivity index (χ0v) is 8.34. The zero-order chi connectivity index (χ0) is 11.4. The Labute approximate surface area is 91.9 Å². The van der Waals surface area contributed by atoms with Gasteiger partial charge in [0.15, 0.2) is 0 Å². The molecule has 1 N–H and O–H groups in total. The lowest BCUT2D eigenvalue weighted by Crippen LogP contribution is -1.87. The Bertz CT molecular complexity index is 526. The third-order valence-electron chi connectivity index (χ3n) is 2.12. The summed E-state index contributed by atoms with van der Waals surface area (Å²) in [6.45, 7) is 0. The molecule has 0 radical (unpaired) electrons. The lowest BCUT2D eigenvalue weighted by atomic mass is 10.1. The van der Waals surface area contributed by atoms with Crippen molar-refractivity contribution in [2.45, 2.75) is 0 Å². The summed E-state index contributed by atoms with van der Waals surface area (Å²) in [7, 11) is 0. The number of rotatable bonds is 2. The average Bonchev–Trinajstić information content (AvgIpc) is 2.30. The van der Waals surface area contributed by atoms with Crippen LogP contribution in [-0.2, 0) is 0 Å². The van der Waals surface area contributed by atoms with E-state index >= 15 is 0 Å². The minimum Gasteiger partial charge on any atom is -0.411 e. The van der Waals surface area contributed by atoms with Crippen LogP contribution in [0.5, 0.6) is 0 Å². The third kappa shape index (κ3) is 2.23. The molecule has 0 bridgehead atoms. The lowest BCUT2D eigenvalue weighted by molar-refractivity contribution is 0.322. The smallest absolute Gasteiger partial charge is 0.123 e. The van der Waals surface area contributed by atoms with Crippen molar-refractivity contribution < 1.29 is 9.60 Å². The van der Waals surface area contributed by atoms with Crippen LogP contribution in [0.15, 0.2) is 47.9 Å². The Balaban J connectivity index is 2.44. The van der Waals surface area contributed by atoms with Gasteiger partial charge >= 0.3 is 0 Å². The number of hydrogen-bond donors (Lipinski definition) is 1. The van der Waals surface area contributed by atoms with Gasteiger partial charge in [-0.25, -0.2) is 4.39 Å². The number of nitrogens with zero attached hydrogens (tertiary/aromatic N) is 2. The Morgan fingerprint density at radius 3 is 2.81 bits per heavy atom. The normalized spacial score (nSPS) is 10.8. The average molecular weight is 216 g/mol. The summed E-state index contributed by atoms with van der Waals surface area (Å²) in [4.78, 5) is 3.98. The maximum atomic E-state index is 13.0. The summed E-state index contributed by atoms with van der Waals surface area (Å²) in [5, 5.41) is 11.3. The topological polar surface area (TPSA) is 45.5 Å². The summed E-state index contributed by atoms with van der Waals surface area (Å²) >= 11 is 0. The fraction of sp³-hybridized carbons (Fsp3) is 0. The number of halogens is 1. The Hall–Kier alpha value is -2.23. The lowest BCUT2D eigenvalue weighted by Gasteiger charge is -2.01. The molecule has 2 rings (SSSR count). The highest BCUT2D eigenvalue weighted by Gasteiger charge is 2.00. The van der Waals surface area contributed by atoms with Crippen LogP contribution in [0.1, 0.15) is 5.56 Å². The first-order chi connectivity index (χ1) is 7.79. The molecule has 2 aromatic rings. The molecular formula is C12H9FN2O. The fourth-order valence-corrected chi connectivity index (χ4v) is 1.42. The van der Waals surface area contributed by atoms with Crippen LogP contribution in [0.2, 0.25) is 0 Å². The minimum absolute atomic E-state index is 0.293. The van der Waals surface area contributed by atoms with Crippen LogP contribution in [0.4, 0.5) is 4.39 Å². The second-order valence-corrected chi connectivity index (χ2v) is 3.26. The highest BCUT2D eigenvalue weighted by molar-refractivity contribution is 5.81. The monoisotopic (exact) mass is 216 g/mol. The predicted molar refractivity (Wildman–Crippen MR) is 59.0 cm³/mol. The van der Waals surface area contributed by atoms with Crippen LogP contribution in [0, 0.1) is 5.82 Å². The van der Waals surface area contributed by atoms with Crippen LogP contribution in [0.25, 0.3) is 11.1 Å². The molecule has 4 heteroatoms. The van der Waals surface area contributed by atoms with Crippen molar-refractivity contribution >= 4 is 6.21 Å². The number of aromatic nitrogens is 1. The van der Waals surface area contributed by atoms with E-state index in [4.69, 9.17) is 5.21 Å². The van der Waals surface area contributed by atoms with E-state index in [1.54, 1.807) is 30.6 Å². The maximum absolute atomic E-state index is 13.0. The van der Waals surface area contributed by atoms with E-state index < -0.39 is 0 Å². The Kier molecular flexibility index (Phi) is 2.91. The molecule has 0 atom stereocenters. The third-order valence-corrected chi connectivity index (χ3v) is 2.12. The van der Waals surface area contributed by atoms with Gasteiger partial charge in [-0.15, -0.1) is 0 Å². The van der Waals surface area contributed by atoms with Crippen molar-refractivity contribution in [1.29, 1.82) is 0 Å². The molecule has 0 saturated carbocycles. The number of pyridine rings is 1. The van der Waals surface area contributed by atoms with Crippen LogP contribution < -0.4 is 0 Å². The van der Waals surface area contributed by atoms with E-state index in [0.717, 1.165) is 11.1 Å². The summed E-state index contributed by atoms with van der Waals surface area (Å²) in [6, 6.07) is 8.01. The van der Waals surface area contributed by atoms with Gasteiger partial charge in [-0.3, -0.25) is 4.98 Å². The van der Waals surface area contributed by atoms with Gasteiger partial charge in [0.2, 0.25) is 0 Å². The van der Waals surface area contributed by atoms with Gasteiger partial charge in [0.25, 0.3) is 0 Å². The molecule has 0 fully saturated rings. The number of oxime groups is 1. The van der Waals surface area contributed by atoms with E-state index in [-0.39, 0.29) is 5.82 Å². The molecule has 0 spiro atoms. The highest BCUT2D eigenvalue weighted by atomic mass is 19.1. The first-order valence-electron chi connectivity index (χ1n) is 4.68. The van der Waals surface area contributed by atoms with Crippen molar-refractivity contribution in [3.63, 3.8) is 0 Å². The van der Waals surface area contributed by atoms with Gasteiger partial charge in [-0.1, -0.05) is 17.3 Å². The quantitative estimate of drug-likeness (QED) is 0.476. The SMILES string of the molecule is O/N=C/c1cncc(-c2cccc(F)c2)c1. The maximum Gasteiger partial charge on any atom is 0.123 e. The molecule has 80 valence electrons. The van der Waals surface area contributed by atoms with E-state index in [1.165, 1.54) is 18.3 Å². The molecule has 0 amide bonds. The molecule has 16 heavy (non-hydrogen) atoms. The number of benzene rings is 1. The first-order valence-corrected chi connectivity index (χ1v) is 4.68. The molecule has 1 heterocycles. The molecule has 0 saturated heterocycles. The van der Waals surface area contributed by atoms with E-state index in [0.29, 0.717) is 5.56 Å². The summed E-state index contributed by atoms with van der Waals surface area (Å²) in [6.07, 6.45) is 4.46. The molecule has 0 aliphatic heterocycles. The van der Waals surface area contributed by atoms with Gasteiger partial charge in [0.05, 0.1) is 6.21 Å².